The second-order valence-electron chi connectivity index (χ2n) is 4.68. The van der Waals surface area contributed by atoms with Gasteiger partial charge >= 0.3 is 6.18 Å². The Balaban J connectivity index is 2.04. The lowest BCUT2D eigenvalue weighted by Gasteiger charge is -2.14. The van der Waals surface area contributed by atoms with Gasteiger partial charge in [-0.25, -0.2) is 0 Å². The summed E-state index contributed by atoms with van der Waals surface area (Å²) in [7, 11) is 0. The van der Waals surface area contributed by atoms with Crippen LogP contribution in [-0.2, 0) is 11.3 Å². The number of carbonyl (C=O) groups excluding carboxylic acids is 1. The Morgan fingerprint density at radius 2 is 2.26 bits per heavy atom. The Morgan fingerprint density at radius 3 is 2.83 bits per heavy atom. The Morgan fingerprint density at radius 1 is 1.52 bits per heavy atom. The molecule has 0 radical (unpaired) electrons. The number of amides is 1. The van der Waals surface area contributed by atoms with E-state index in [9.17, 15) is 18.0 Å². The van der Waals surface area contributed by atoms with E-state index in [4.69, 9.17) is 4.52 Å². The normalized spacial score (nSPS) is 13.1. The van der Waals surface area contributed by atoms with Gasteiger partial charge in [-0.15, -0.1) is 10.2 Å². The van der Waals surface area contributed by atoms with E-state index in [1.54, 1.807) is 19.9 Å². The zero-order valence-corrected chi connectivity index (χ0v) is 13.1. The minimum Gasteiger partial charge on any atom is -0.360 e. The maximum absolute atomic E-state index is 12.5. The Bertz CT molecular complexity index is 670. The number of rotatable bonds is 6. The fourth-order valence-electron chi connectivity index (χ4n) is 1.72. The molecule has 1 N–H and O–H groups in total. The summed E-state index contributed by atoms with van der Waals surface area (Å²) >= 11 is 0.916. The highest BCUT2D eigenvalue weighted by Crippen LogP contribution is 2.27. The average Bonchev–Trinajstić information content (AvgIpc) is 3.03. The van der Waals surface area contributed by atoms with Crippen molar-refractivity contribution in [3.05, 3.63) is 18.2 Å². The Hall–Kier alpha value is -2.04. The lowest BCUT2D eigenvalue weighted by atomic mass is 10.3. The van der Waals surface area contributed by atoms with Crippen molar-refractivity contribution in [2.24, 2.45) is 0 Å². The molecule has 1 amide bonds. The molecule has 0 fully saturated rings. The number of anilines is 1. The Labute approximate surface area is 133 Å². The molecule has 11 heteroatoms. The first-order valence-electron chi connectivity index (χ1n) is 6.64. The van der Waals surface area contributed by atoms with Crippen molar-refractivity contribution in [2.45, 2.75) is 43.4 Å². The molecule has 0 aromatic carbocycles. The largest absolute Gasteiger partial charge is 0.406 e. The first-order valence-corrected chi connectivity index (χ1v) is 7.52. The molecule has 2 rings (SSSR count). The molecule has 7 nitrogen and oxygen atoms in total. The van der Waals surface area contributed by atoms with Crippen LogP contribution >= 0.6 is 11.8 Å². The number of thioether (sulfide) groups is 1. The first kappa shape index (κ1) is 17.3. The smallest absolute Gasteiger partial charge is 0.360 e. The van der Waals surface area contributed by atoms with E-state index in [2.05, 4.69) is 20.7 Å². The van der Waals surface area contributed by atoms with Gasteiger partial charge < -0.3 is 9.84 Å². The number of carbonyl (C=O) groups is 1. The highest BCUT2D eigenvalue weighted by atomic mass is 32.2. The first-order chi connectivity index (χ1) is 10.8. The summed E-state index contributed by atoms with van der Waals surface area (Å²) in [5, 5.41) is 12.7. The number of aryl methyl sites for hydroxylation is 1. The number of hydrogen-bond donors (Lipinski definition) is 1. The molecule has 0 saturated heterocycles. The Kier molecular flexibility index (Phi) is 5.29. The molecule has 0 unspecified atom stereocenters. The van der Waals surface area contributed by atoms with E-state index < -0.39 is 23.9 Å². The van der Waals surface area contributed by atoms with E-state index in [1.807, 2.05) is 0 Å². The van der Waals surface area contributed by atoms with Gasteiger partial charge in [0.2, 0.25) is 5.91 Å². The van der Waals surface area contributed by atoms with Crippen LogP contribution in [0.5, 0.6) is 0 Å². The molecule has 0 spiro atoms. The van der Waals surface area contributed by atoms with Crippen LogP contribution in [0.4, 0.5) is 19.0 Å². The van der Waals surface area contributed by atoms with Crippen LogP contribution in [-0.4, -0.2) is 37.3 Å². The summed E-state index contributed by atoms with van der Waals surface area (Å²) < 4.78 is 43.1. The van der Waals surface area contributed by atoms with Crippen molar-refractivity contribution in [2.75, 3.05) is 5.32 Å². The predicted molar refractivity (Wildman–Crippen MR) is 75.9 cm³/mol. The van der Waals surface area contributed by atoms with Gasteiger partial charge in [0.1, 0.15) is 18.6 Å². The maximum atomic E-state index is 12.5. The molecule has 0 bridgehead atoms. The van der Waals surface area contributed by atoms with Gasteiger partial charge in [0.05, 0.1) is 5.25 Å². The van der Waals surface area contributed by atoms with Crippen molar-refractivity contribution in [3.8, 4) is 0 Å². The van der Waals surface area contributed by atoms with Crippen molar-refractivity contribution in [3.63, 3.8) is 0 Å². The van der Waals surface area contributed by atoms with Gasteiger partial charge in [0.15, 0.2) is 11.0 Å². The number of halogens is 3. The number of nitrogens with one attached hydrogen (secondary N) is 1. The number of aromatic nitrogens is 4. The van der Waals surface area contributed by atoms with Gasteiger partial charge in [0, 0.05) is 6.07 Å². The predicted octanol–water partition coefficient (Wildman–Crippen LogP) is 2.65. The average molecular weight is 349 g/mol. The molecule has 23 heavy (non-hydrogen) atoms. The topological polar surface area (TPSA) is 85.8 Å². The van der Waals surface area contributed by atoms with Crippen LogP contribution < -0.4 is 5.32 Å². The van der Waals surface area contributed by atoms with Gasteiger partial charge in [0.25, 0.3) is 0 Å². The highest BCUT2D eigenvalue weighted by Gasteiger charge is 2.30. The van der Waals surface area contributed by atoms with Crippen LogP contribution in [0.25, 0.3) is 0 Å². The van der Waals surface area contributed by atoms with Crippen LogP contribution in [0.1, 0.15) is 19.1 Å². The third kappa shape index (κ3) is 4.98. The monoisotopic (exact) mass is 349 g/mol. The van der Waals surface area contributed by atoms with Gasteiger partial charge in [-0.3, -0.25) is 9.36 Å². The fourth-order valence-corrected chi connectivity index (χ4v) is 2.65. The summed E-state index contributed by atoms with van der Waals surface area (Å²) in [5.74, 6) is 0.390. The van der Waals surface area contributed by atoms with E-state index in [0.29, 0.717) is 12.2 Å². The molecule has 0 aliphatic carbocycles. The number of alkyl halides is 3. The van der Waals surface area contributed by atoms with Crippen molar-refractivity contribution >= 4 is 23.5 Å². The molecule has 126 valence electrons. The summed E-state index contributed by atoms with van der Waals surface area (Å²) in [6.45, 7) is 2.22. The molecular weight excluding hydrogens is 335 g/mol. The molecule has 0 saturated carbocycles. The molecule has 0 aliphatic rings. The zero-order chi connectivity index (χ0) is 17.0. The van der Waals surface area contributed by atoms with E-state index in [1.165, 1.54) is 0 Å². The second-order valence-corrected chi connectivity index (χ2v) is 5.85. The third-order valence-corrected chi connectivity index (χ3v) is 4.08. The van der Waals surface area contributed by atoms with Gasteiger partial charge in [-0.2, -0.15) is 13.2 Å². The lowest BCUT2D eigenvalue weighted by molar-refractivity contribution is -0.142. The zero-order valence-electron chi connectivity index (χ0n) is 12.3. The van der Waals surface area contributed by atoms with Gasteiger partial charge in [-0.05, 0) is 13.3 Å². The van der Waals surface area contributed by atoms with Crippen LogP contribution in [0, 0.1) is 6.92 Å². The second kappa shape index (κ2) is 7.02. The standard InChI is InChI=1S/C12H14F3N5O2S/c1-3-8(10(21)17-9-4-7(2)22-19-9)23-11-18-16-6-20(11)5-12(13,14)15/h4,6,8H,3,5H2,1-2H3,(H,17,19,21)/t8-/m1/s1. The van der Waals surface area contributed by atoms with E-state index >= 15 is 0 Å². The van der Waals surface area contributed by atoms with Crippen LogP contribution in [0.2, 0.25) is 0 Å². The van der Waals surface area contributed by atoms with Crippen LogP contribution in [0.3, 0.4) is 0 Å². The molecule has 1 atom stereocenters. The number of hydrogen-bond acceptors (Lipinski definition) is 6. The highest BCUT2D eigenvalue weighted by molar-refractivity contribution is 8.00. The minimum absolute atomic E-state index is 0.0284. The van der Waals surface area contributed by atoms with E-state index in [-0.39, 0.29) is 11.0 Å². The van der Waals surface area contributed by atoms with Gasteiger partial charge in [-0.1, -0.05) is 23.8 Å². The van der Waals surface area contributed by atoms with Crippen molar-refractivity contribution in [1.29, 1.82) is 0 Å². The molecule has 2 aromatic rings. The summed E-state index contributed by atoms with van der Waals surface area (Å²) in [4.78, 5) is 12.2. The van der Waals surface area contributed by atoms with Crippen molar-refractivity contribution in [1.82, 2.24) is 19.9 Å². The summed E-state index contributed by atoms with van der Waals surface area (Å²) in [6.07, 6.45) is -3.01. The molecule has 2 heterocycles. The van der Waals surface area contributed by atoms with E-state index in [0.717, 1.165) is 22.7 Å². The molecular formula is C12H14F3N5O2S. The number of nitrogens with zero attached hydrogens (tertiary/aromatic N) is 4. The minimum atomic E-state index is -4.39. The maximum Gasteiger partial charge on any atom is 0.406 e. The molecule has 0 aliphatic heterocycles. The quantitative estimate of drug-likeness (QED) is 0.807. The molecule has 2 aromatic heterocycles. The summed E-state index contributed by atoms with van der Waals surface area (Å²) in [6, 6.07) is 1.54. The van der Waals surface area contributed by atoms with Crippen LogP contribution in [0.15, 0.2) is 22.1 Å². The fraction of sp³-hybridized carbons (Fsp3) is 0.500. The summed E-state index contributed by atoms with van der Waals surface area (Å²) in [5.41, 5.74) is 0. The lowest BCUT2D eigenvalue weighted by Crippen LogP contribution is -2.25. The van der Waals surface area contributed by atoms with Crippen molar-refractivity contribution < 1.29 is 22.5 Å². The SMILES string of the molecule is CC[C@@H](Sc1nncn1CC(F)(F)F)C(=O)Nc1cc(C)on1. The third-order valence-electron chi connectivity index (χ3n) is 2.72.